The first-order valence-corrected chi connectivity index (χ1v) is 9.34. The van der Waals surface area contributed by atoms with Crippen molar-refractivity contribution in [3.05, 3.63) is 11.7 Å². The lowest BCUT2D eigenvalue weighted by atomic mass is 10.1. The predicted molar refractivity (Wildman–Crippen MR) is 88.4 cm³/mol. The molecular weight excluding hydrogens is 306 g/mol. The van der Waals surface area contributed by atoms with E-state index in [9.17, 15) is 4.79 Å². The normalized spacial score (nSPS) is 25.6. The third-order valence-electron chi connectivity index (χ3n) is 5.27. The second kappa shape index (κ2) is 7.19. The summed E-state index contributed by atoms with van der Waals surface area (Å²) in [7, 11) is 0. The highest BCUT2D eigenvalue weighted by Crippen LogP contribution is 2.38. The van der Waals surface area contributed by atoms with Gasteiger partial charge in [-0.1, -0.05) is 5.16 Å². The van der Waals surface area contributed by atoms with Crippen LogP contribution in [0.5, 0.6) is 0 Å². The molecule has 0 radical (unpaired) electrons. The minimum atomic E-state index is 0.311. The Morgan fingerprint density at radius 1 is 1.21 bits per heavy atom. The van der Waals surface area contributed by atoms with E-state index in [1.165, 1.54) is 25.7 Å². The molecule has 7 nitrogen and oxygen atoms in total. The van der Waals surface area contributed by atoms with Crippen molar-refractivity contribution in [3.63, 3.8) is 0 Å². The number of rotatable bonds is 7. The van der Waals surface area contributed by atoms with Crippen LogP contribution in [0.3, 0.4) is 0 Å². The fourth-order valence-electron chi connectivity index (χ4n) is 3.74. The second-order valence-corrected chi connectivity index (χ2v) is 7.34. The van der Waals surface area contributed by atoms with Crippen molar-refractivity contribution in [1.82, 2.24) is 25.3 Å². The number of piperidine rings is 1. The van der Waals surface area contributed by atoms with Crippen LogP contribution in [-0.4, -0.2) is 64.6 Å². The van der Waals surface area contributed by atoms with Crippen molar-refractivity contribution in [2.45, 2.75) is 57.0 Å². The molecule has 1 aliphatic carbocycles. The molecule has 2 aliphatic heterocycles. The van der Waals surface area contributed by atoms with Crippen LogP contribution in [0, 0.1) is 0 Å². The average Bonchev–Trinajstić information content (AvgIpc) is 3.20. The van der Waals surface area contributed by atoms with Crippen LogP contribution in [0.4, 0.5) is 0 Å². The summed E-state index contributed by atoms with van der Waals surface area (Å²) in [4.78, 5) is 20.5. The van der Waals surface area contributed by atoms with E-state index in [0.29, 0.717) is 17.9 Å². The van der Waals surface area contributed by atoms with E-state index in [-0.39, 0.29) is 0 Å². The third kappa shape index (κ3) is 3.95. The highest BCUT2D eigenvalue weighted by atomic mass is 16.5. The topological polar surface area (TPSA) is 74.5 Å². The SMILES string of the molecule is O=C1CCCN1CCN[C@@H]1CCCN(Cc2noc(C3CC3)n2)C1. The summed E-state index contributed by atoms with van der Waals surface area (Å²) in [5.41, 5.74) is 0. The van der Waals surface area contributed by atoms with Gasteiger partial charge in [0.15, 0.2) is 5.82 Å². The number of nitrogens with zero attached hydrogens (tertiary/aromatic N) is 4. The molecule has 0 spiro atoms. The van der Waals surface area contributed by atoms with Crippen LogP contribution in [0.15, 0.2) is 4.52 Å². The highest BCUT2D eigenvalue weighted by molar-refractivity contribution is 5.78. The molecule has 132 valence electrons. The second-order valence-electron chi connectivity index (χ2n) is 7.34. The zero-order valence-corrected chi connectivity index (χ0v) is 14.2. The van der Waals surface area contributed by atoms with Gasteiger partial charge in [0.2, 0.25) is 11.8 Å². The predicted octanol–water partition coefficient (Wildman–Crippen LogP) is 1.12. The van der Waals surface area contributed by atoms with Crippen molar-refractivity contribution < 1.29 is 9.32 Å². The van der Waals surface area contributed by atoms with Gasteiger partial charge < -0.3 is 14.7 Å². The molecule has 7 heteroatoms. The first-order chi connectivity index (χ1) is 11.8. The van der Waals surface area contributed by atoms with Crippen LogP contribution in [0.2, 0.25) is 0 Å². The first-order valence-electron chi connectivity index (χ1n) is 9.34. The zero-order valence-electron chi connectivity index (χ0n) is 14.2. The Morgan fingerprint density at radius 2 is 2.12 bits per heavy atom. The Morgan fingerprint density at radius 3 is 2.92 bits per heavy atom. The molecule has 1 amide bonds. The number of carbonyl (C=O) groups excluding carboxylic acids is 1. The molecule has 3 heterocycles. The number of hydrogen-bond acceptors (Lipinski definition) is 6. The number of hydrogen-bond donors (Lipinski definition) is 1. The molecular formula is C17H27N5O2. The van der Waals surface area contributed by atoms with E-state index in [0.717, 1.165) is 63.8 Å². The minimum Gasteiger partial charge on any atom is -0.341 e. The van der Waals surface area contributed by atoms with Crippen molar-refractivity contribution >= 4 is 5.91 Å². The smallest absolute Gasteiger partial charge is 0.229 e. The van der Waals surface area contributed by atoms with E-state index in [2.05, 4.69) is 20.4 Å². The minimum absolute atomic E-state index is 0.311. The van der Waals surface area contributed by atoms with Crippen molar-refractivity contribution in [1.29, 1.82) is 0 Å². The summed E-state index contributed by atoms with van der Waals surface area (Å²) in [6.07, 6.45) is 6.51. The standard InChI is InChI=1S/C17H27N5O2/c23-16-4-2-9-22(16)10-7-18-14-3-1-8-21(11-14)12-15-19-17(24-20-15)13-5-6-13/h13-14,18H,1-12H2/t14-/m1/s1. The van der Waals surface area contributed by atoms with Crippen molar-refractivity contribution in [3.8, 4) is 0 Å². The molecule has 1 saturated carbocycles. The highest BCUT2D eigenvalue weighted by Gasteiger charge is 2.30. The van der Waals surface area contributed by atoms with Gasteiger partial charge >= 0.3 is 0 Å². The first kappa shape index (κ1) is 16.0. The Labute approximate surface area is 142 Å². The van der Waals surface area contributed by atoms with Crippen molar-refractivity contribution in [2.24, 2.45) is 0 Å². The van der Waals surface area contributed by atoms with Gasteiger partial charge in [0.25, 0.3) is 0 Å². The zero-order chi connectivity index (χ0) is 16.4. The number of aromatic nitrogens is 2. The van der Waals surface area contributed by atoms with Crippen LogP contribution in [0.1, 0.15) is 56.2 Å². The van der Waals surface area contributed by atoms with Gasteiger partial charge in [-0.15, -0.1) is 0 Å². The lowest BCUT2D eigenvalue weighted by Crippen LogP contribution is -2.47. The maximum absolute atomic E-state index is 11.6. The molecule has 0 bridgehead atoms. The number of likely N-dealkylation sites (tertiary alicyclic amines) is 2. The Bertz CT molecular complexity index is 571. The third-order valence-corrected chi connectivity index (χ3v) is 5.27. The summed E-state index contributed by atoms with van der Waals surface area (Å²) in [6.45, 7) is 5.54. The summed E-state index contributed by atoms with van der Waals surface area (Å²) in [5, 5.41) is 7.75. The molecule has 4 rings (SSSR count). The van der Waals surface area contributed by atoms with Crippen molar-refractivity contribution in [2.75, 3.05) is 32.7 Å². The van der Waals surface area contributed by atoms with E-state index in [1.807, 2.05) is 4.90 Å². The summed E-state index contributed by atoms with van der Waals surface area (Å²) >= 11 is 0. The van der Waals surface area contributed by atoms with Gasteiger partial charge in [-0.05, 0) is 38.6 Å². The lowest BCUT2D eigenvalue weighted by Gasteiger charge is -2.32. The summed E-state index contributed by atoms with van der Waals surface area (Å²) in [5.74, 6) is 2.48. The lowest BCUT2D eigenvalue weighted by molar-refractivity contribution is -0.127. The monoisotopic (exact) mass is 333 g/mol. The van der Waals surface area contributed by atoms with Gasteiger partial charge in [0.05, 0.1) is 6.54 Å². The van der Waals surface area contributed by atoms with Gasteiger partial charge in [-0.3, -0.25) is 9.69 Å². The maximum atomic E-state index is 11.6. The number of carbonyl (C=O) groups is 1. The molecule has 1 N–H and O–H groups in total. The van der Waals surface area contributed by atoms with Crippen LogP contribution in [-0.2, 0) is 11.3 Å². The molecule has 1 aromatic rings. The molecule has 24 heavy (non-hydrogen) atoms. The Balaban J connectivity index is 1.20. The molecule has 3 fully saturated rings. The molecule has 3 aliphatic rings. The molecule has 1 atom stereocenters. The summed E-state index contributed by atoms with van der Waals surface area (Å²) < 4.78 is 5.35. The van der Waals surface area contributed by atoms with E-state index in [4.69, 9.17) is 4.52 Å². The fraction of sp³-hybridized carbons (Fsp3) is 0.824. The van der Waals surface area contributed by atoms with E-state index >= 15 is 0 Å². The van der Waals surface area contributed by atoms with Gasteiger partial charge in [0.1, 0.15) is 0 Å². The van der Waals surface area contributed by atoms with Gasteiger partial charge in [-0.2, -0.15) is 4.98 Å². The van der Waals surface area contributed by atoms with Crippen LogP contribution in [0.25, 0.3) is 0 Å². The van der Waals surface area contributed by atoms with Gasteiger partial charge in [0, 0.05) is 44.6 Å². The molecule has 2 saturated heterocycles. The van der Waals surface area contributed by atoms with Gasteiger partial charge in [-0.25, -0.2) is 0 Å². The molecule has 0 aromatic carbocycles. The Hall–Kier alpha value is -1.47. The number of nitrogens with one attached hydrogen (secondary N) is 1. The number of amides is 1. The van der Waals surface area contributed by atoms with E-state index in [1.54, 1.807) is 0 Å². The summed E-state index contributed by atoms with van der Waals surface area (Å²) in [6, 6.07) is 0.492. The van der Waals surface area contributed by atoms with Crippen LogP contribution >= 0.6 is 0 Å². The Kier molecular flexibility index (Phi) is 4.80. The molecule has 1 aromatic heterocycles. The average molecular weight is 333 g/mol. The maximum Gasteiger partial charge on any atom is 0.229 e. The quantitative estimate of drug-likeness (QED) is 0.806. The van der Waals surface area contributed by atoms with E-state index < -0.39 is 0 Å². The van der Waals surface area contributed by atoms with Crippen LogP contribution < -0.4 is 5.32 Å². The fourth-order valence-corrected chi connectivity index (χ4v) is 3.74. The largest absolute Gasteiger partial charge is 0.341 e. The molecule has 0 unspecified atom stereocenters.